The van der Waals surface area contributed by atoms with Crippen molar-refractivity contribution in [1.29, 1.82) is 5.26 Å². The van der Waals surface area contributed by atoms with Gasteiger partial charge >= 0.3 is 17.3 Å². The number of aromatic nitrogens is 4. The van der Waals surface area contributed by atoms with E-state index in [2.05, 4.69) is 16.0 Å². The highest BCUT2D eigenvalue weighted by Gasteiger charge is 2.20. The first kappa shape index (κ1) is 26.9. The van der Waals surface area contributed by atoms with Crippen LogP contribution in [0.5, 0.6) is 0 Å². The largest absolute Gasteiger partial charge is 0.465 e. The highest BCUT2D eigenvalue weighted by atomic mass is 35.5. The number of pyridine rings is 1. The van der Waals surface area contributed by atoms with Gasteiger partial charge in [-0.3, -0.25) is 9.55 Å². The second kappa shape index (κ2) is 11.2. The smallest absolute Gasteiger partial charge is 0.358 e. The fourth-order valence-electron chi connectivity index (χ4n) is 4.47. The van der Waals surface area contributed by atoms with Gasteiger partial charge in [0.05, 0.1) is 42.7 Å². The molecule has 0 aliphatic rings. The molecule has 0 spiro atoms. The van der Waals surface area contributed by atoms with Crippen LogP contribution in [-0.4, -0.2) is 38.4 Å². The third kappa shape index (κ3) is 4.88. The first-order chi connectivity index (χ1) is 19.4. The number of thioether (sulfide) groups is 1. The van der Waals surface area contributed by atoms with Gasteiger partial charge in [0.25, 0.3) is 0 Å². The molecule has 3 aromatic carbocycles. The van der Waals surface area contributed by atoms with Crippen molar-refractivity contribution in [2.24, 2.45) is 0 Å². The third-order valence-electron chi connectivity index (χ3n) is 6.32. The van der Waals surface area contributed by atoms with Gasteiger partial charge in [0, 0.05) is 22.0 Å². The molecular weight excluding hydrogens is 550 g/mol. The summed E-state index contributed by atoms with van der Waals surface area (Å²) >= 11 is 7.53. The Hall–Kier alpha value is -4.72. The Morgan fingerprint density at radius 3 is 2.65 bits per heavy atom. The molecule has 0 amide bonds. The van der Waals surface area contributed by atoms with E-state index < -0.39 is 17.3 Å². The van der Waals surface area contributed by atoms with Gasteiger partial charge in [-0.2, -0.15) is 10.2 Å². The van der Waals surface area contributed by atoms with Gasteiger partial charge in [0.15, 0.2) is 5.16 Å². The monoisotopic (exact) mass is 569 g/mol. The second-order valence-corrected chi connectivity index (χ2v) is 9.82. The number of rotatable bonds is 6. The molecule has 0 radical (unpaired) electrons. The maximum atomic E-state index is 14.0. The SMILES string of the molecule is COC(=O)c1cccc(-c2cccc3cncc(-n4c(=O)nc(SC)n(Cc5cc(C#N)ccc5Cl)c4=O)c23)c1. The number of fused-ring (bicyclic) bond motifs is 1. The molecule has 0 saturated carbocycles. The van der Waals surface area contributed by atoms with E-state index in [4.69, 9.17) is 16.3 Å². The maximum Gasteiger partial charge on any atom is 0.358 e. The molecule has 5 rings (SSSR count). The predicted octanol–water partition coefficient (Wildman–Crippen LogP) is 4.69. The van der Waals surface area contributed by atoms with E-state index in [-0.39, 0.29) is 17.4 Å². The van der Waals surface area contributed by atoms with Crippen molar-refractivity contribution in [2.75, 3.05) is 13.4 Å². The molecular formula is C29H20ClN5O4S. The summed E-state index contributed by atoms with van der Waals surface area (Å²) in [5, 5.41) is 11.2. The van der Waals surface area contributed by atoms with Crippen LogP contribution in [0.15, 0.2) is 87.8 Å². The third-order valence-corrected chi connectivity index (χ3v) is 7.37. The Kier molecular flexibility index (Phi) is 7.51. The lowest BCUT2D eigenvalue weighted by Gasteiger charge is -2.16. The zero-order chi connectivity index (χ0) is 28.4. The summed E-state index contributed by atoms with van der Waals surface area (Å²) in [5.41, 5.74) is 1.45. The molecule has 198 valence electrons. The Bertz CT molecular complexity index is 1960. The van der Waals surface area contributed by atoms with Crippen LogP contribution in [0.4, 0.5) is 0 Å². The van der Waals surface area contributed by atoms with Crippen LogP contribution in [-0.2, 0) is 11.3 Å². The van der Waals surface area contributed by atoms with E-state index in [9.17, 15) is 19.6 Å². The number of nitrogens with zero attached hydrogens (tertiary/aromatic N) is 5. The van der Waals surface area contributed by atoms with Crippen molar-refractivity contribution < 1.29 is 9.53 Å². The average Bonchev–Trinajstić information content (AvgIpc) is 2.98. The summed E-state index contributed by atoms with van der Waals surface area (Å²) in [6, 6.07) is 19.2. The van der Waals surface area contributed by atoms with Gasteiger partial charge in [0.2, 0.25) is 0 Å². The van der Waals surface area contributed by atoms with Crippen LogP contribution in [0.1, 0.15) is 21.5 Å². The van der Waals surface area contributed by atoms with Gasteiger partial charge in [0.1, 0.15) is 0 Å². The molecule has 0 atom stereocenters. The number of carbonyl (C=O) groups excluding carboxylic acids is 1. The van der Waals surface area contributed by atoms with E-state index in [1.165, 1.54) is 17.9 Å². The van der Waals surface area contributed by atoms with Crippen LogP contribution in [0.3, 0.4) is 0 Å². The summed E-state index contributed by atoms with van der Waals surface area (Å²) in [6.45, 7) is -0.0110. The fourth-order valence-corrected chi connectivity index (χ4v) is 5.18. The highest BCUT2D eigenvalue weighted by Crippen LogP contribution is 2.32. The number of nitriles is 1. The van der Waals surface area contributed by atoms with E-state index >= 15 is 0 Å². The lowest BCUT2D eigenvalue weighted by Crippen LogP contribution is -2.41. The van der Waals surface area contributed by atoms with Gasteiger partial charge in [-0.1, -0.05) is 53.7 Å². The lowest BCUT2D eigenvalue weighted by atomic mass is 9.97. The number of benzene rings is 3. The van der Waals surface area contributed by atoms with E-state index in [1.54, 1.807) is 48.9 Å². The minimum Gasteiger partial charge on any atom is -0.465 e. The maximum absolute atomic E-state index is 14.0. The normalized spacial score (nSPS) is 10.8. The summed E-state index contributed by atoms with van der Waals surface area (Å²) in [6.07, 6.45) is 4.78. The van der Waals surface area contributed by atoms with E-state index in [1.807, 2.05) is 24.3 Å². The molecule has 2 heterocycles. The standard InChI is InChI=1S/C29H20ClN5O4S/c1-39-26(36)19-6-3-5-18(12-19)22-8-4-7-20-14-32-15-24(25(20)22)35-27(37)33-28(40-2)34(29(35)38)16-21-11-17(13-31)9-10-23(21)30/h3-12,14-15H,16H2,1-2H3. The second-order valence-electron chi connectivity index (χ2n) is 8.64. The Morgan fingerprint density at radius 2 is 1.90 bits per heavy atom. The number of hydrogen-bond acceptors (Lipinski definition) is 8. The topological polar surface area (TPSA) is 120 Å². The molecule has 9 nitrogen and oxygen atoms in total. The van der Waals surface area contributed by atoms with Crippen molar-refractivity contribution in [1.82, 2.24) is 19.1 Å². The molecule has 0 unspecified atom stereocenters. The van der Waals surface area contributed by atoms with Gasteiger partial charge in [-0.15, -0.1) is 0 Å². The zero-order valence-electron chi connectivity index (χ0n) is 21.3. The average molecular weight is 570 g/mol. The van der Waals surface area contributed by atoms with Crippen molar-refractivity contribution in [3.05, 3.63) is 116 Å². The minimum absolute atomic E-state index is 0.0110. The number of carbonyl (C=O) groups is 1. The number of ether oxygens (including phenoxy) is 1. The fraction of sp³-hybridized carbons (Fsp3) is 0.103. The molecule has 0 fully saturated rings. The number of halogens is 1. The van der Waals surface area contributed by atoms with Gasteiger partial charge in [-0.05, 0) is 53.3 Å². The number of esters is 1. The lowest BCUT2D eigenvalue weighted by molar-refractivity contribution is 0.0601. The Balaban J connectivity index is 1.77. The summed E-state index contributed by atoms with van der Waals surface area (Å²) < 4.78 is 7.19. The van der Waals surface area contributed by atoms with Gasteiger partial charge < -0.3 is 4.74 Å². The highest BCUT2D eigenvalue weighted by molar-refractivity contribution is 7.98. The number of hydrogen-bond donors (Lipinski definition) is 0. The zero-order valence-corrected chi connectivity index (χ0v) is 22.9. The summed E-state index contributed by atoms with van der Waals surface area (Å²) in [5.74, 6) is -0.487. The van der Waals surface area contributed by atoms with E-state index in [0.29, 0.717) is 43.6 Å². The first-order valence-electron chi connectivity index (χ1n) is 11.9. The quantitative estimate of drug-likeness (QED) is 0.213. The summed E-state index contributed by atoms with van der Waals surface area (Å²) in [4.78, 5) is 48.0. The summed E-state index contributed by atoms with van der Waals surface area (Å²) in [7, 11) is 1.31. The van der Waals surface area contributed by atoms with E-state index in [0.717, 1.165) is 16.3 Å². The first-order valence-corrected chi connectivity index (χ1v) is 13.5. The van der Waals surface area contributed by atoms with Crippen LogP contribution in [0, 0.1) is 11.3 Å². The van der Waals surface area contributed by atoms with Crippen LogP contribution < -0.4 is 11.4 Å². The predicted molar refractivity (Wildman–Crippen MR) is 153 cm³/mol. The van der Waals surface area contributed by atoms with Crippen molar-refractivity contribution in [3.8, 4) is 22.9 Å². The molecule has 40 heavy (non-hydrogen) atoms. The van der Waals surface area contributed by atoms with Crippen molar-refractivity contribution in [3.63, 3.8) is 0 Å². The molecule has 0 aliphatic carbocycles. The molecule has 2 aromatic heterocycles. The molecule has 0 aliphatic heterocycles. The molecule has 0 bridgehead atoms. The van der Waals surface area contributed by atoms with Crippen LogP contribution in [0.2, 0.25) is 5.02 Å². The molecule has 0 saturated heterocycles. The molecule has 11 heteroatoms. The minimum atomic E-state index is -0.769. The van der Waals surface area contributed by atoms with Crippen molar-refractivity contribution in [2.45, 2.75) is 11.7 Å². The Labute approximate surface area is 237 Å². The molecule has 5 aromatic rings. The van der Waals surface area contributed by atoms with Crippen LogP contribution >= 0.6 is 23.4 Å². The van der Waals surface area contributed by atoms with Gasteiger partial charge in [-0.25, -0.2) is 19.0 Å². The van der Waals surface area contributed by atoms with Crippen molar-refractivity contribution >= 4 is 40.1 Å². The molecule has 0 N–H and O–H groups in total. The Morgan fingerprint density at radius 1 is 1.10 bits per heavy atom. The van der Waals surface area contributed by atoms with Crippen LogP contribution in [0.25, 0.3) is 27.6 Å². The number of methoxy groups -OCH3 is 1.